The zero-order chi connectivity index (χ0) is 11.6. The third-order valence-electron chi connectivity index (χ3n) is 3.39. The molecule has 1 saturated carbocycles. The van der Waals surface area contributed by atoms with Crippen molar-refractivity contribution in [3.05, 3.63) is 0 Å². The molecule has 2 amide bonds. The van der Waals surface area contributed by atoms with Crippen molar-refractivity contribution in [3.63, 3.8) is 0 Å². The molecule has 1 spiro atoms. The molecule has 0 bridgehead atoms. The minimum Gasteiger partial charge on any atom is -0.313 e. The third kappa shape index (κ3) is 1.75. The van der Waals surface area contributed by atoms with Crippen LogP contribution < -0.4 is 10.6 Å². The molecule has 0 radical (unpaired) electrons. The second-order valence-corrected chi connectivity index (χ2v) is 4.49. The van der Waals surface area contributed by atoms with E-state index in [-0.39, 0.29) is 11.8 Å². The van der Waals surface area contributed by atoms with E-state index in [1.165, 1.54) is 0 Å². The van der Waals surface area contributed by atoms with Gasteiger partial charge in [-0.05, 0) is 19.9 Å². The van der Waals surface area contributed by atoms with E-state index in [1.54, 1.807) is 7.05 Å². The van der Waals surface area contributed by atoms with Crippen LogP contribution in [0.4, 0.5) is 0 Å². The number of aliphatic imine (C=N–C) groups is 1. The lowest BCUT2D eigenvalue weighted by Gasteiger charge is -2.35. The maximum atomic E-state index is 12.0. The van der Waals surface area contributed by atoms with Crippen molar-refractivity contribution in [3.8, 4) is 0 Å². The summed E-state index contributed by atoms with van der Waals surface area (Å²) in [5.74, 6) is 0.0346. The summed E-state index contributed by atoms with van der Waals surface area (Å²) in [5, 5.41) is 5.61. The summed E-state index contributed by atoms with van der Waals surface area (Å²) in [4.78, 5) is 28.0. The molecule has 1 heterocycles. The molecule has 2 rings (SSSR count). The molecule has 0 atom stereocenters. The minimum absolute atomic E-state index is 0.155. The van der Waals surface area contributed by atoms with Gasteiger partial charge in [0, 0.05) is 0 Å². The fourth-order valence-corrected chi connectivity index (χ4v) is 2.45. The molecule has 0 saturated heterocycles. The summed E-state index contributed by atoms with van der Waals surface area (Å²) in [6, 6.07) is 0. The van der Waals surface area contributed by atoms with Crippen LogP contribution in [0, 0.1) is 5.41 Å². The van der Waals surface area contributed by atoms with Crippen molar-refractivity contribution < 1.29 is 9.59 Å². The highest BCUT2D eigenvalue weighted by atomic mass is 16.2. The number of amides is 2. The topological polar surface area (TPSA) is 70.6 Å². The first-order chi connectivity index (χ1) is 7.69. The lowest BCUT2D eigenvalue weighted by Crippen LogP contribution is -2.55. The van der Waals surface area contributed by atoms with Crippen LogP contribution in [0.25, 0.3) is 0 Å². The summed E-state index contributed by atoms with van der Waals surface area (Å²) < 4.78 is 0. The predicted octanol–water partition coefficient (Wildman–Crippen LogP) is 0.211. The summed E-state index contributed by atoms with van der Waals surface area (Å²) in [5.41, 5.74) is -0.852. The second-order valence-electron chi connectivity index (χ2n) is 4.49. The number of carbonyl (C=O) groups excluding carboxylic acids is 2. The van der Waals surface area contributed by atoms with Gasteiger partial charge in [-0.2, -0.15) is 4.99 Å². The van der Waals surface area contributed by atoms with E-state index < -0.39 is 5.41 Å². The number of nitrogens with one attached hydrogen (secondary N) is 2. The molecule has 1 fully saturated rings. The smallest absolute Gasteiger partial charge is 0.263 e. The first kappa shape index (κ1) is 11.3. The Bertz CT molecular complexity index is 343. The molecule has 2 N–H and O–H groups in total. The Balaban J connectivity index is 2.22. The van der Waals surface area contributed by atoms with Crippen molar-refractivity contribution in [1.82, 2.24) is 10.6 Å². The molecule has 0 aromatic carbocycles. The standard InChI is InChI=1S/C11H17N3O2/c1-12-7-8-13-9(15)11(10(16)14-8)5-3-2-4-6-11/h12H,2-7H2,1H3,(H,13,14,15,16). The van der Waals surface area contributed by atoms with E-state index in [0.29, 0.717) is 25.2 Å². The zero-order valence-corrected chi connectivity index (χ0v) is 9.51. The molecular weight excluding hydrogens is 206 g/mol. The molecule has 5 nitrogen and oxygen atoms in total. The average molecular weight is 223 g/mol. The maximum absolute atomic E-state index is 12.0. The van der Waals surface area contributed by atoms with Crippen LogP contribution in [0.15, 0.2) is 4.99 Å². The van der Waals surface area contributed by atoms with Gasteiger partial charge in [0.15, 0.2) is 0 Å². The first-order valence-corrected chi connectivity index (χ1v) is 5.77. The fourth-order valence-electron chi connectivity index (χ4n) is 2.45. The van der Waals surface area contributed by atoms with Gasteiger partial charge in [0.25, 0.3) is 5.91 Å². The SMILES string of the molecule is CNCC1=NC(=O)C2(CCCCC2)C(=O)N1. The van der Waals surface area contributed by atoms with Gasteiger partial charge in [0.1, 0.15) is 11.3 Å². The average Bonchev–Trinajstić information content (AvgIpc) is 2.28. The molecule has 16 heavy (non-hydrogen) atoms. The number of nitrogens with zero attached hydrogens (tertiary/aromatic N) is 1. The number of amidine groups is 1. The van der Waals surface area contributed by atoms with Crippen LogP contribution >= 0.6 is 0 Å². The Labute approximate surface area is 94.7 Å². The summed E-state index contributed by atoms with van der Waals surface area (Å²) in [6.45, 7) is 0.424. The lowest BCUT2D eigenvalue weighted by molar-refractivity contribution is -0.144. The molecule has 1 aliphatic heterocycles. The number of rotatable bonds is 2. The fraction of sp³-hybridized carbons (Fsp3) is 0.727. The molecule has 0 unspecified atom stereocenters. The van der Waals surface area contributed by atoms with Crippen LogP contribution in [0.5, 0.6) is 0 Å². The lowest BCUT2D eigenvalue weighted by atomic mass is 9.72. The molecule has 88 valence electrons. The number of carbonyl (C=O) groups is 2. The molecule has 2 aliphatic rings. The molecule has 0 aromatic rings. The Kier molecular flexibility index (Phi) is 3.05. The number of hydrogen-bond donors (Lipinski definition) is 2. The van der Waals surface area contributed by atoms with Gasteiger partial charge < -0.3 is 10.6 Å². The highest BCUT2D eigenvalue weighted by Gasteiger charge is 2.48. The van der Waals surface area contributed by atoms with Crippen molar-refractivity contribution in [2.24, 2.45) is 10.4 Å². The second kappa shape index (κ2) is 4.33. The first-order valence-electron chi connectivity index (χ1n) is 5.77. The van der Waals surface area contributed by atoms with Gasteiger partial charge in [0.2, 0.25) is 5.91 Å². The maximum Gasteiger partial charge on any atom is 0.263 e. The van der Waals surface area contributed by atoms with E-state index in [9.17, 15) is 9.59 Å². The molecule has 1 aliphatic carbocycles. The van der Waals surface area contributed by atoms with Gasteiger partial charge in [-0.3, -0.25) is 9.59 Å². The third-order valence-corrected chi connectivity index (χ3v) is 3.39. The van der Waals surface area contributed by atoms with Crippen LogP contribution in [-0.4, -0.2) is 31.2 Å². The summed E-state index contributed by atoms with van der Waals surface area (Å²) in [7, 11) is 1.75. The van der Waals surface area contributed by atoms with E-state index >= 15 is 0 Å². The Morgan fingerprint density at radius 1 is 1.31 bits per heavy atom. The van der Waals surface area contributed by atoms with E-state index in [1.807, 2.05) is 0 Å². The van der Waals surface area contributed by atoms with Crippen molar-refractivity contribution >= 4 is 17.6 Å². The van der Waals surface area contributed by atoms with Gasteiger partial charge >= 0.3 is 0 Å². The summed E-state index contributed by atoms with van der Waals surface area (Å²) in [6.07, 6.45) is 4.28. The van der Waals surface area contributed by atoms with E-state index in [2.05, 4.69) is 15.6 Å². The zero-order valence-electron chi connectivity index (χ0n) is 9.51. The van der Waals surface area contributed by atoms with Gasteiger partial charge in [-0.25, -0.2) is 0 Å². The van der Waals surface area contributed by atoms with Gasteiger partial charge in [-0.15, -0.1) is 0 Å². The molecule has 5 heteroatoms. The normalized spacial score (nSPS) is 24.2. The van der Waals surface area contributed by atoms with E-state index in [0.717, 1.165) is 19.3 Å². The quantitative estimate of drug-likeness (QED) is 0.657. The predicted molar refractivity (Wildman–Crippen MR) is 60.0 cm³/mol. The van der Waals surface area contributed by atoms with Gasteiger partial charge in [0.05, 0.1) is 6.54 Å². The Hall–Kier alpha value is -1.23. The van der Waals surface area contributed by atoms with Crippen molar-refractivity contribution in [2.45, 2.75) is 32.1 Å². The van der Waals surface area contributed by atoms with Gasteiger partial charge in [-0.1, -0.05) is 19.3 Å². The highest BCUT2D eigenvalue weighted by molar-refractivity contribution is 6.19. The minimum atomic E-state index is -0.852. The Morgan fingerprint density at radius 3 is 2.56 bits per heavy atom. The number of likely N-dealkylation sites (N-methyl/N-ethyl adjacent to an activating group) is 1. The monoisotopic (exact) mass is 223 g/mol. The molecular formula is C11H17N3O2. The summed E-state index contributed by atoms with van der Waals surface area (Å²) >= 11 is 0. The van der Waals surface area contributed by atoms with Crippen LogP contribution in [0.2, 0.25) is 0 Å². The molecule has 0 aromatic heterocycles. The van der Waals surface area contributed by atoms with Crippen LogP contribution in [0.1, 0.15) is 32.1 Å². The van der Waals surface area contributed by atoms with Crippen molar-refractivity contribution in [1.29, 1.82) is 0 Å². The van der Waals surface area contributed by atoms with Crippen LogP contribution in [-0.2, 0) is 9.59 Å². The Morgan fingerprint density at radius 2 is 2.00 bits per heavy atom. The largest absolute Gasteiger partial charge is 0.313 e. The van der Waals surface area contributed by atoms with Crippen molar-refractivity contribution in [2.75, 3.05) is 13.6 Å². The highest BCUT2D eigenvalue weighted by Crippen LogP contribution is 2.38. The van der Waals surface area contributed by atoms with E-state index in [4.69, 9.17) is 0 Å². The van der Waals surface area contributed by atoms with Crippen LogP contribution in [0.3, 0.4) is 0 Å². The number of hydrogen-bond acceptors (Lipinski definition) is 3.